The maximum absolute atomic E-state index is 12.4. The standard InChI is InChI=1S/C28H33N7O2S/c1-34-11-13-35(14-12-34)10-5-3-2-4-9-32-27-19(17-29)15-20-23(25(26(31)36)38-28(20)33-27)24-21(30)16-18-7-6-8-22(18)37-24/h6-8,15-16H,2-5,9-14,30H2,1H3,(H2,31,36)(H,32,33). The van der Waals surface area contributed by atoms with Gasteiger partial charge in [0, 0.05) is 43.7 Å². The summed E-state index contributed by atoms with van der Waals surface area (Å²) in [6.45, 7) is 6.51. The number of nitriles is 1. The van der Waals surface area contributed by atoms with Gasteiger partial charge in [-0.1, -0.05) is 25.0 Å². The highest BCUT2D eigenvalue weighted by Gasteiger charge is 2.25. The van der Waals surface area contributed by atoms with Crippen LogP contribution in [0.3, 0.4) is 0 Å². The molecule has 1 aliphatic carbocycles. The SMILES string of the molecule is CN1CCN(CCCCCCNc2nc3sc(C(N)=O)c(-c4oc5cccc-5cc4N)c3cc2C#N)CC1. The van der Waals surface area contributed by atoms with E-state index in [-0.39, 0.29) is 0 Å². The first kappa shape index (κ1) is 26.0. The van der Waals surface area contributed by atoms with Gasteiger partial charge in [-0.25, -0.2) is 4.98 Å². The molecule has 1 saturated heterocycles. The van der Waals surface area contributed by atoms with Crippen molar-refractivity contribution in [2.75, 3.05) is 57.4 Å². The summed E-state index contributed by atoms with van der Waals surface area (Å²) in [4.78, 5) is 22.9. The number of unbranched alkanes of at least 4 members (excludes halogenated alkanes) is 3. The number of nitrogens with zero attached hydrogens (tertiary/aromatic N) is 4. The minimum Gasteiger partial charge on any atom is -0.454 e. The van der Waals surface area contributed by atoms with Gasteiger partial charge < -0.3 is 31.0 Å². The van der Waals surface area contributed by atoms with Crippen LogP contribution in [0.15, 0.2) is 34.7 Å². The van der Waals surface area contributed by atoms with E-state index in [4.69, 9.17) is 20.9 Å². The average Bonchev–Trinajstić information content (AvgIpc) is 3.51. The Morgan fingerprint density at radius 3 is 2.74 bits per heavy atom. The quantitative estimate of drug-likeness (QED) is 0.256. The molecule has 0 bridgehead atoms. The number of nitrogen functional groups attached to an aromatic ring is 1. The predicted octanol–water partition coefficient (Wildman–Crippen LogP) is 4.43. The number of piperazine rings is 1. The van der Waals surface area contributed by atoms with Crippen LogP contribution in [0.25, 0.3) is 32.9 Å². The van der Waals surface area contributed by atoms with Crippen LogP contribution in [0.2, 0.25) is 0 Å². The number of anilines is 2. The van der Waals surface area contributed by atoms with E-state index in [0.717, 1.165) is 57.7 Å². The van der Waals surface area contributed by atoms with Crippen molar-refractivity contribution in [2.24, 2.45) is 5.73 Å². The molecular weight excluding hydrogens is 498 g/mol. The number of primary amides is 1. The Balaban J connectivity index is 1.28. The first-order chi connectivity index (χ1) is 18.4. The van der Waals surface area contributed by atoms with E-state index in [2.05, 4.69) is 28.2 Å². The number of thiophene rings is 1. The topological polar surface area (TPSA) is 137 Å². The largest absolute Gasteiger partial charge is 0.454 e. The van der Waals surface area contributed by atoms with Gasteiger partial charge in [0.25, 0.3) is 5.91 Å². The van der Waals surface area contributed by atoms with Crippen LogP contribution in [0.1, 0.15) is 40.9 Å². The molecule has 0 atom stereocenters. The molecule has 5 N–H and O–H groups in total. The van der Waals surface area contributed by atoms with Gasteiger partial charge in [-0.3, -0.25) is 4.79 Å². The van der Waals surface area contributed by atoms with Crippen LogP contribution < -0.4 is 16.8 Å². The van der Waals surface area contributed by atoms with Crippen molar-refractivity contribution in [1.29, 1.82) is 5.26 Å². The number of likely N-dealkylation sites (N-methyl/N-ethyl adjacent to an activating group) is 1. The first-order valence-corrected chi connectivity index (χ1v) is 13.9. The molecule has 0 aromatic carbocycles. The Hall–Kier alpha value is -3.65. The van der Waals surface area contributed by atoms with Crippen LogP contribution in [-0.2, 0) is 0 Å². The third kappa shape index (κ3) is 5.45. The molecular formula is C28H33N7O2S. The maximum atomic E-state index is 12.4. The van der Waals surface area contributed by atoms with E-state index >= 15 is 0 Å². The van der Waals surface area contributed by atoms with Gasteiger partial charge in [0.1, 0.15) is 27.4 Å². The minimum atomic E-state index is -0.593. The van der Waals surface area contributed by atoms with Crippen molar-refractivity contribution in [2.45, 2.75) is 25.7 Å². The molecule has 1 amide bonds. The summed E-state index contributed by atoms with van der Waals surface area (Å²) >= 11 is 1.18. The van der Waals surface area contributed by atoms with E-state index in [1.54, 1.807) is 6.07 Å². The number of nitrogens with one attached hydrogen (secondary N) is 1. The van der Waals surface area contributed by atoms with Crippen molar-refractivity contribution in [3.8, 4) is 28.7 Å². The highest BCUT2D eigenvalue weighted by Crippen LogP contribution is 2.43. The molecule has 10 heteroatoms. The summed E-state index contributed by atoms with van der Waals surface area (Å²) in [6, 6.07) is 11.4. The number of hydrogen-bond donors (Lipinski definition) is 3. The molecule has 2 aromatic heterocycles. The summed E-state index contributed by atoms with van der Waals surface area (Å²) in [5, 5.41) is 13.8. The van der Waals surface area contributed by atoms with Crippen LogP contribution in [0.5, 0.6) is 0 Å². The predicted molar refractivity (Wildman–Crippen MR) is 152 cm³/mol. The Labute approximate surface area is 226 Å². The molecule has 4 heterocycles. The Bertz CT molecular complexity index is 1450. The molecule has 3 aliphatic rings. The van der Waals surface area contributed by atoms with Crippen molar-refractivity contribution in [3.05, 3.63) is 40.8 Å². The van der Waals surface area contributed by atoms with Crippen molar-refractivity contribution in [3.63, 3.8) is 0 Å². The normalized spacial score (nSPS) is 14.7. The van der Waals surface area contributed by atoms with Crippen LogP contribution in [0, 0.1) is 11.3 Å². The Kier molecular flexibility index (Phi) is 7.79. The van der Waals surface area contributed by atoms with E-state index < -0.39 is 5.91 Å². The number of carbonyl (C=O) groups is 1. The smallest absolute Gasteiger partial charge is 0.259 e. The zero-order valence-electron chi connectivity index (χ0n) is 21.6. The number of nitrogens with two attached hydrogens (primary N) is 2. The molecule has 2 aliphatic heterocycles. The molecule has 0 spiro atoms. The third-order valence-corrected chi connectivity index (χ3v) is 8.25. The second-order valence-corrected chi connectivity index (χ2v) is 10.9. The van der Waals surface area contributed by atoms with Gasteiger partial charge in [-0.15, -0.1) is 11.3 Å². The summed E-state index contributed by atoms with van der Waals surface area (Å²) < 4.78 is 6.08. The van der Waals surface area contributed by atoms with Crippen molar-refractivity contribution in [1.82, 2.24) is 14.8 Å². The minimum absolute atomic E-state index is 0.301. The number of fused-ring (bicyclic) bond motifs is 2. The Morgan fingerprint density at radius 2 is 1.97 bits per heavy atom. The molecule has 198 valence electrons. The van der Waals surface area contributed by atoms with Crippen LogP contribution >= 0.6 is 11.3 Å². The molecule has 0 unspecified atom stereocenters. The molecule has 1 fully saturated rings. The molecule has 5 rings (SSSR count). The third-order valence-electron chi connectivity index (χ3n) is 7.14. The number of pyridine rings is 1. The molecule has 2 aromatic rings. The summed E-state index contributed by atoms with van der Waals surface area (Å²) in [7, 11) is 2.18. The molecule has 38 heavy (non-hydrogen) atoms. The lowest BCUT2D eigenvalue weighted by Crippen LogP contribution is -2.44. The number of hydrogen-bond acceptors (Lipinski definition) is 9. The molecule has 9 nitrogen and oxygen atoms in total. The number of amides is 1. The number of carbonyl (C=O) groups excluding carboxylic acids is 1. The molecule has 0 radical (unpaired) electrons. The van der Waals surface area contributed by atoms with E-state index in [9.17, 15) is 10.1 Å². The van der Waals surface area contributed by atoms with Crippen LogP contribution in [0.4, 0.5) is 11.5 Å². The van der Waals surface area contributed by atoms with E-state index in [1.807, 2.05) is 24.3 Å². The van der Waals surface area contributed by atoms with Gasteiger partial charge in [-0.2, -0.15) is 5.26 Å². The van der Waals surface area contributed by atoms with E-state index in [0.29, 0.717) is 49.2 Å². The lowest BCUT2D eigenvalue weighted by Gasteiger charge is -2.32. The van der Waals surface area contributed by atoms with Crippen LogP contribution in [-0.4, -0.2) is 67.0 Å². The second kappa shape index (κ2) is 11.4. The highest BCUT2D eigenvalue weighted by atomic mass is 32.1. The summed E-state index contributed by atoms with van der Waals surface area (Å²) in [6.07, 6.45) is 4.49. The maximum Gasteiger partial charge on any atom is 0.259 e. The van der Waals surface area contributed by atoms with Gasteiger partial charge in [0.2, 0.25) is 0 Å². The van der Waals surface area contributed by atoms with Gasteiger partial charge >= 0.3 is 0 Å². The fourth-order valence-electron chi connectivity index (χ4n) is 4.96. The van der Waals surface area contributed by atoms with Gasteiger partial charge in [0.05, 0.1) is 16.8 Å². The average molecular weight is 532 g/mol. The van der Waals surface area contributed by atoms with Gasteiger partial charge in [-0.05, 0) is 44.6 Å². The highest BCUT2D eigenvalue weighted by molar-refractivity contribution is 7.21. The lowest BCUT2D eigenvalue weighted by molar-refractivity contribution is 0.100. The monoisotopic (exact) mass is 531 g/mol. The zero-order valence-corrected chi connectivity index (χ0v) is 22.4. The lowest BCUT2D eigenvalue weighted by atomic mass is 10.0. The number of rotatable bonds is 10. The fraction of sp³-hybridized carbons (Fsp3) is 0.393. The number of aromatic nitrogens is 1. The second-order valence-electron chi connectivity index (χ2n) is 9.88. The van der Waals surface area contributed by atoms with E-state index in [1.165, 1.54) is 24.2 Å². The zero-order chi connectivity index (χ0) is 26.6. The fourth-order valence-corrected chi connectivity index (χ4v) is 5.97. The van der Waals surface area contributed by atoms with Crippen molar-refractivity contribution >= 4 is 39.0 Å². The first-order valence-electron chi connectivity index (χ1n) is 13.0. The summed E-state index contributed by atoms with van der Waals surface area (Å²) in [5.74, 6) is 0.924. The van der Waals surface area contributed by atoms with Gasteiger partial charge in [0.15, 0.2) is 5.76 Å². The Morgan fingerprint density at radius 1 is 1.18 bits per heavy atom. The summed E-state index contributed by atoms with van der Waals surface area (Å²) in [5.41, 5.74) is 14.2. The molecule has 0 saturated carbocycles. The van der Waals surface area contributed by atoms with Crippen molar-refractivity contribution < 1.29 is 9.21 Å².